The van der Waals surface area contributed by atoms with Gasteiger partial charge >= 0.3 is 6.09 Å². The third-order valence-electron chi connectivity index (χ3n) is 2.86. The number of rotatable bonds is 3. The topological polar surface area (TPSA) is 56.8 Å². The van der Waals surface area contributed by atoms with Crippen molar-refractivity contribution in [3.05, 3.63) is 23.8 Å². The van der Waals surface area contributed by atoms with E-state index in [9.17, 15) is 4.79 Å². The van der Waals surface area contributed by atoms with Crippen LogP contribution < -0.4 is 14.8 Å². The number of cyclic esters (lactones) is 1. The standard InChI is InChI=1S/C12H15NO4/c1-12(7-13-11(14)17-12)9-6-8(15-2)4-5-10(9)16-3/h4-6H,7H2,1-3H3,(H,13,14). The lowest BCUT2D eigenvalue weighted by molar-refractivity contribution is 0.0681. The van der Waals surface area contributed by atoms with E-state index in [4.69, 9.17) is 14.2 Å². The molecule has 1 aromatic rings. The number of amides is 1. The van der Waals surface area contributed by atoms with Gasteiger partial charge < -0.3 is 19.5 Å². The van der Waals surface area contributed by atoms with Crippen LogP contribution in [0.4, 0.5) is 4.79 Å². The summed E-state index contributed by atoms with van der Waals surface area (Å²) in [5, 5.41) is 2.64. The van der Waals surface area contributed by atoms with Gasteiger partial charge in [-0.05, 0) is 25.1 Å². The summed E-state index contributed by atoms with van der Waals surface area (Å²) in [6.45, 7) is 2.25. The molecule has 1 aliphatic heterocycles. The number of carbonyl (C=O) groups excluding carboxylic acids is 1. The third kappa shape index (κ3) is 2.00. The normalized spacial score (nSPS) is 22.9. The van der Waals surface area contributed by atoms with Crippen LogP contribution in [0.25, 0.3) is 0 Å². The Balaban J connectivity index is 2.45. The van der Waals surface area contributed by atoms with Gasteiger partial charge in [0.1, 0.15) is 11.5 Å². The first-order valence-electron chi connectivity index (χ1n) is 5.28. The van der Waals surface area contributed by atoms with Gasteiger partial charge in [0.15, 0.2) is 5.60 Å². The molecular formula is C12H15NO4. The summed E-state index contributed by atoms with van der Waals surface area (Å²) in [6, 6.07) is 5.42. The summed E-state index contributed by atoms with van der Waals surface area (Å²) >= 11 is 0. The highest BCUT2D eigenvalue weighted by Crippen LogP contribution is 2.37. The zero-order valence-corrected chi connectivity index (χ0v) is 10.1. The van der Waals surface area contributed by atoms with Crippen molar-refractivity contribution in [3.63, 3.8) is 0 Å². The molecule has 1 saturated heterocycles. The fourth-order valence-corrected chi connectivity index (χ4v) is 1.90. The van der Waals surface area contributed by atoms with Crippen LogP contribution in [0.1, 0.15) is 12.5 Å². The van der Waals surface area contributed by atoms with Crippen molar-refractivity contribution in [2.75, 3.05) is 20.8 Å². The lowest BCUT2D eigenvalue weighted by Crippen LogP contribution is -2.26. The second-order valence-corrected chi connectivity index (χ2v) is 4.04. The molecule has 0 saturated carbocycles. The van der Waals surface area contributed by atoms with Crippen LogP contribution in [0.5, 0.6) is 11.5 Å². The fraction of sp³-hybridized carbons (Fsp3) is 0.417. The molecule has 5 nitrogen and oxygen atoms in total. The highest BCUT2D eigenvalue weighted by atomic mass is 16.6. The fourth-order valence-electron chi connectivity index (χ4n) is 1.90. The molecule has 1 amide bonds. The monoisotopic (exact) mass is 237 g/mol. The smallest absolute Gasteiger partial charge is 0.408 e. The van der Waals surface area contributed by atoms with Crippen molar-refractivity contribution in [1.82, 2.24) is 5.32 Å². The Kier molecular flexibility index (Phi) is 2.83. The highest BCUT2D eigenvalue weighted by molar-refractivity contribution is 5.71. The van der Waals surface area contributed by atoms with E-state index >= 15 is 0 Å². The average Bonchev–Trinajstić information content (AvgIpc) is 2.69. The maximum atomic E-state index is 11.2. The number of alkyl carbamates (subject to hydrolysis) is 1. The first-order chi connectivity index (χ1) is 8.09. The quantitative estimate of drug-likeness (QED) is 0.868. The van der Waals surface area contributed by atoms with E-state index in [-0.39, 0.29) is 0 Å². The molecule has 92 valence electrons. The molecule has 1 N–H and O–H groups in total. The Morgan fingerprint density at radius 2 is 2.12 bits per heavy atom. The average molecular weight is 237 g/mol. The molecule has 1 aliphatic rings. The Morgan fingerprint density at radius 3 is 2.65 bits per heavy atom. The van der Waals surface area contributed by atoms with Crippen LogP contribution in [-0.2, 0) is 10.3 Å². The third-order valence-corrected chi connectivity index (χ3v) is 2.86. The zero-order chi connectivity index (χ0) is 12.5. The molecule has 5 heteroatoms. The van der Waals surface area contributed by atoms with Gasteiger partial charge in [0, 0.05) is 5.56 Å². The van der Waals surface area contributed by atoms with Crippen LogP contribution in [0.15, 0.2) is 18.2 Å². The molecule has 1 unspecified atom stereocenters. The molecule has 17 heavy (non-hydrogen) atoms. The summed E-state index contributed by atoms with van der Waals surface area (Å²) in [5.41, 5.74) is 0.0643. The summed E-state index contributed by atoms with van der Waals surface area (Å²) in [5.74, 6) is 1.37. The molecule has 0 bridgehead atoms. The van der Waals surface area contributed by atoms with E-state index in [0.29, 0.717) is 18.0 Å². The van der Waals surface area contributed by atoms with Crippen LogP contribution in [0, 0.1) is 0 Å². The largest absolute Gasteiger partial charge is 0.497 e. The highest BCUT2D eigenvalue weighted by Gasteiger charge is 2.39. The molecule has 1 heterocycles. The summed E-state index contributed by atoms with van der Waals surface area (Å²) in [6.07, 6.45) is -0.419. The van der Waals surface area contributed by atoms with Gasteiger partial charge in [0.25, 0.3) is 0 Å². The molecule has 1 aromatic carbocycles. The zero-order valence-electron chi connectivity index (χ0n) is 10.1. The van der Waals surface area contributed by atoms with Crippen LogP contribution in [0.3, 0.4) is 0 Å². The number of carbonyl (C=O) groups is 1. The Hall–Kier alpha value is -1.91. The first-order valence-corrected chi connectivity index (χ1v) is 5.28. The number of ether oxygens (including phenoxy) is 3. The van der Waals surface area contributed by atoms with Gasteiger partial charge in [-0.25, -0.2) is 4.79 Å². The molecule has 2 rings (SSSR count). The van der Waals surface area contributed by atoms with Gasteiger partial charge in [-0.1, -0.05) is 0 Å². The Bertz CT molecular complexity index is 446. The van der Waals surface area contributed by atoms with Gasteiger partial charge in [-0.2, -0.15) is 0 Å². The maximum Gasteiger partial charge on any atom is 0.408 e. The van der Waals surface area contributed by atoms with Gasteiger partial charge in [0.2, 0.25) is 0 Å². The van der Waals surface area contributed by atoms with Crippen molar-refractivity contribution in [1.29, 1.82) is 0 Å². The summed E-state index contributed by atoms with van der Waals surface area (Å²) < 4.78 is 15.7. The summed E-state index contributed by atoms with van der Waals surface area (Å²) in [7, 11) is 3.17. The minimum atomic E-state index is -0.725. The van der Waals surface area contributed by atoms with Gasteiger partial charge in [-0.3, -0.25) is 0 Å². The second kappa shape index (κ2) is 4.16. The molecule has 0 aliphatic carbocycles. The SMILES string of the molecule is COc1ccc(OC)c(C2(C)CNC(=O)O2)c1. The molecule has 1 fully saturated rings. The van der Waals surface area contributed by atoms with Crippen molar-refractivity contribution < 1.29 is 19.0 Å². The van der Waals surface area contributed by atoms with E-state index in [2.05, 4.69) is 5.32 Å². The minimum Gasteiger partial charge on any atom is -0.497 e. The number of benzene rings is 1. The molecular weight excluding hydrogens is 222 g/mol. The van der Waals surface area contributed by atoms with Crippen molar-refractivity contribution in [2.24, 2.45) is 0 Å². The van der Waals surface area contributed by atoms with E-state index in [0.717, 1.165) is 5.56 Å². The lowest BCUT2D eigenvalue weighted by Gasteiger charge is -2.24. The summed E-state index contributed by atoms with van der Waals surface area (Å²) in [4.78, 5) is 11.2. The second-order valence-electron chi connectivity index (χ2n) is 4.04. The van der Waals surface area contributed by atoms with Crippen molar-refractivity contribution in [2.45, 2.75) is 12.5 Å². The first kappa shape index (κ1) is 11.6. The molecule has 1 atom stereocenters. The van der Waals surface area contributed by atoms with E-state index in [1.165, 1.54) is 0 Å². The number of hydrogen-bond acceptors (Lipinski definition) is 4. The van der Waals surface area contributed by atoms with Crippen molar-refractivity contribution >= 4 is 6.09 Å². The minimum absolute atomic E-state index is 0.412. The number of nitrogens with one attached hydrogen (secondary N) is 1. The maximum absolute atomic E-state index is 11.2. The Morgan fingerprint density at radius 1 is 1.35 bits per heavy atom. The molecule has 0 spiro atoms. The number of methoxy groups -OCH3 is 2. The van der Waals surface area contributed by atoms with Crippen LogP contribution in [-0.4, -0.2) is 26.9 Å². The molecule has 0 aromatic heterocycles. The Labute approximate surface area is 99.7 Å². The number of hydrogen-bond donors (Lipinski definition) is 1. The van der Waals surface area contributed by atoms with Gasteiger partial charge in [0.05, 0.1) is 20.8 Å². The van der Waals surface area contributed by atoms with Gasteiger partial charge in [-0.15, -0.1) is 0 Å². The predicted octanol–water partition coefficient (Wildman–Crippen LogP) is 1.66. The van der Waals surface area contributed by atoms with Crippen molar-refractivity contribution in [3.8, 4) is 11.5 Å². The van der Waals surface area contributed by atoms with Crippen LogP contribution in [0.2, 0.25) is 0 Å². The van der Waals surface area contributed by atoms with E-state index in [1.807, 2.05) is 13.0 Å². The molecule has 0 radical (unpaired) electrons. The lowest BCUT2D eigenvalue weighted by atomic mass is 9.95. The van der Waals surface area contributed by atoms with E-state index in [1.54, 1.807) is 26.4 Å². The van der Waals surface area contributed by atoms with Crippen LogP contribution >= 0.6 is 0 Å². The van der Waals surface area contributed by atoms with E-state index < -0.39 is 11.7 Å². The predicted molar refractivity (Wildman–Crippen MR) is 61.4 cm³/mol.